The zero-order valence-electron chi connectivity index (χ0n) is 24.3. The Morgan fingerprint density at radius 3 is 2.48 bits per heavy atom. The summed E-state index contributed by atoms with van der Waals surface area (Å²) < 4.78 is 64.1. The Labute approximate surface area is 247 Å². The number of aliphatic hydroxyl groups is 1. The summed E-state index contributed by atoms with van der Waals surface area (Å²) in [7, 11) is -4.69. The molecule has 0 fully saturated rings. The van der Waals surface area contributed by atoms with Crippen LogP contribution in [0.25, 0.3) is 0 Å². The van der Waals surface area contributed by atoms with Gasteiger partial charge in [0.1, 0.15) is 11.9 Å². The molecule has 0 saturated carbocycles. The molecule has 2 aromatic carbocycles. The van der Waals surface area contributed by atoms with Crippen LogP contribution < -0.4 is 9.46 Å². The van der Waals surface area contributed by atoms with Crippen molar-refractivity contribution in [1.82, 2.24) is 18.8 Å². The molecule has 0 unspecified atom stereocenters. The van der Waals surface area contributed by atoms with Crippen LogP contribution in [0.2, 0.25) is 0 Å². The van der Waals surface area contributed by atoms with E-state index in [0.717, 1.165) is 5.56 Å². The van der Waals surface area contributed by atoms with Gasteiger partial charge in [-0.2, -0.15) is 12.7 Å². The lowest BCUT2D eigenvalue weighted by molar-refractivity contribution is -0.134. The number of likely N-dealkylation sites (N-methyl/N-ethyl adjacent to an activating group) is 1. The Kier molecular flexibility index (Phi) is 9.30. The molecular formula is C28H37N5O7S2. The van der Waals surface area contributed by atoms with Crippen LogP contribution in [0.3, 0.4) is 0 Å². The SMILES string of the molecule is Cc1ccc(S(=O)(=O)N(C)C[C@@H]2Oc3ccc(NS(=O)(=O)c4cn(C)cn4)cc3CC(=O)N([C@@H](C)CO)C[C@H]2C)cc1. The fourth-order valence-electron chi connectivity index (χ4n) is 4.69. The average Bonchev–Trinajstić information content (AvgIpc) is 3.40. The smallest absolute Gasteiger partial charge is 0.280 e. The number of ether oxygens (including phenoxy) is 1. The van der Waals surface area contributed by atoms with E-state index in [2.05, 4.69) is 9.71 Å². The minimum Gasteiger partial charge on any atom is -0.488 e. The molecule has 1 aromatic heterocycles. The number of nitrogens with one attached hydrogen (secondary N) is 1. The van der Waals surface area contributed by atoms with E-state index in [1.807, 2.05) is 13.8 Å². The molecule has 0 bridgehead atoms. The van der Waals surface area contributed by atoms with Crippen LogP contribution in [0.15, 0.2) is 64.9 Å². The number of aryl methyl sites for hydroxylation is 2. The molecular weight excluding hydrogens is 582 g/mol. The highest BCUT2D eigenvalue weighted by Crippen LogP contribution is 2.30. The molecule has 2 heterocycles. The Balaban J connectivity index is 1.68. The summed E-state index contributed by atoms with van der Waals surface area (Å²) >= 11 is 0. The van der Waals surface area contributed by atoms with Gasteiger partial charge in [-0.3, -0.25) is 9.52 Å². The van der Waals surface area contributed by atoms with Crippen molar-refractivity contribution in [3.63, 3.8) is 0 Å². The van der Waals surface area contributed by atoms with E-state index in [1.54, 1.807) is 49.2 Å². The number of anilines is 1. The first-order valence-electron chi connectivity index (χ1n) is 13.4. The van der Waals surface area contributed by atoms with Crippen molar-refractivity contribution in [2.75, 3.05) is 31.5 Å². The number of benzene rings is 2. The molecule has 12 nitrogen and oxygen atoms in total. The quantitative estimate of drug-likeness (QED) is 0.369. The summed E-state index contributed by atoms with van der Waals surface area (Å²) in [4.78, 5) is 19.1. The molecule has 3 aromatic rings. The van der Waals surface area contributed by atoms with E-state index in [1.165, 1.54) is 40.6 Å². The number of imidazole rings is 1. The maximum Gasteiger partial charge on any atom is 0.280 e. The normalized spacial score (nSPS) is 18.9. The predicted molar refractivity (Wildman–Crippen MR) is 157 cm³/mol. The lowest BCUT2D eigenvalue weighted by atomic mass is 10.0. The molecule has 3 atom stereocenters. The zero-order valence-corrected chi connectivity index (χ0v) is 25.9. The first-order valence-corrected chi connectivity index (χ1v) is 16.4. The lowest BCUT2D eigenvalue weighted by Gasteiger charge is -2.33. The third-order valence-corrected chi connectivity index (χ3v) is 10.4. The second-order valence-corrected chi connectivity index (χ2v) is 14.5. The first kappa shape index (κ1) is 31.5. The standard InChI is InChI=1S/C28H37N5O7S2/c1-19-6-9-24(10-7-19)42(38,39)32(5)15-26-20(2)14-33(21(3)17-34)28(35)13-22-12-23(8-11-25(22)40-26)30-41(36,37)27-16-31(4)18-29-27/h6-12,16,18,20-21,26,30,34H,13-15,17H2,1-5H3/t20-,21+,26+/m1/s1. The molecule has 0 saturated heterocycles. The van der Waals surface area contributed by atoms with Gasteiger partial charge in [-0.15, -0.1) is 0 Å². The molecule has 0 spiro atoms. The van der Waals surface area contributed by atoms with E-state index in [-0.39, 0.29) is 53.6 Å². The minimum atomic E-state index is -3.99. The Bertz CT molecular complexity index is 1640. The van der Waals surface area contributed by atoms with Gasteiger partial charge in [0.2, 0.25) is 15.9 Å². The second kappa shape index (κ2) is 12.4. The van der Waals surface area contributed by atoms with Crippen LogP contribution in [0.1, 0.15) is 25.0 Å². The van der Waals surface area contributed by atoms with Crippen LogP contribution in [0.5, 0.6) is 5.75 Å². The van der Waals surface area contributed by atoms with Crippen molar-refractivity contribution in [3.8, 4) is 5.75 Å². The van der Waals surface area contributed by atoms with E-state index in [9.17, 15) is 26.7 Å². The Morgan fingerprint density at radius 1 is 1.17 bits per heavy atom. The highest BCUT2D eigenvalue weighted by atomic mass is 32.2. The number of carbonyl (C=O) groups excluding carboxylic acids is 1. The number of sulfonamides is 2. The van der Waals surface area contributed by atoms with Crippen molar-refractivity contribution in [1.29, 1.82) is 0 Å². The number of aliphatic hydroxyl groups excluding tert-OH is 1. The second-order valence-electron chi connectivity index (χ2n) is 10.8. The van der Waals surface area contributed by atoms with E-state index < -0.39 is 32.2 Å². The zero-order chi connectivity index (χ0) is 30.8. The van der Waals surface area contributed by atoms with Gasteiger partial charge in [-0.1, -0.05) is 24.6 Å². The number of hydrogen-bond acceptors (Lipinski definition) is 8. The van der Waals surface area contributed by atoms with Gasteiger partial charge >= 0.3 is 0 Å². The number of amides is 1. The van der Waals surface area contributed by atoms with Crippen LogP contribution in [-0.2, 0) is 38.3 Å². The fourth-order valence-corrected chi connectivity index (χ4v) is 6.90. The number of fused-ring (bicyclic) bond motifs is 1. The van der Waals surface area contributed by atoms with Gasteiger partial charge in [0.15, 0.2) is 5.03 Å². The van der Waals surface area contributed by atoms with Gasteiger partial charge in [0.05, 0.1) is 36.8 Å². The summed E-state index contributed by atoms with van der Waals surface area (Å²) in [5.41, 5.74) is 1.56. The summed E-state index contributed by atoms with van der Waals surface area (Å²) in [5.74, 6) is -0.271. The Hall–Kier alpha value is -3.46. The molecule has 14 heteroatoms. The summed E-state index contributed by atoms with van der Waals surface area (Å²) in [6.45, 7) is 5.41. The minimum absolute atomic E-state index is 0.0135. The number of rotatable bonds is 9. The highest BCUT2D eigenvalue weighted by Gasteiger charge is 2.33. The van der Waals surface area contributed by atoms with Gasteiger partial charge < -0.3 is 19.3 Å². The van der Waals surface area contributed by atoms with Gasteiger partial charge in [-0.05, 0) is 44.2 Å². The van der Waals surface area contributed by atoms with E-state index in [4.69, 9.17) is 4.74 Å². The molecule has 42 heavy (non-hydrogen) atoms. The van der Waals surface area contributed by atoms with Crippen molar-refractivity contribution in [2.45, 2.75) is 49.3 Å². The topological polar surface area (TPSA) is 151 Å². The van der Waals surface area contributed by atoms with Crippen molar-refractivity contribution < 1.29 is 31.5 Å². The molecule has 0 radical (unpaired) electrons. The van der Waals surface area contributed by atoms with Crippen LogP contribution >= 0.6 is 0 Å². The van der Waals surface area contributed by atoms with Gasteiger partial charge in [0, 0.05) is 44.0 Å². The van der Waals surface area contributed by atoms with Crippen LogP contribution in [0, 0.1) is 12.8 Å². The number of aromatic nitrogens is 2. The number of hydrogen-bond donors (Lipinski definition) is 2. The fraction of sp³-hybridized carbons (Fsp3) is 0.429. The maximum atomic E-state index is 13.5. The summed E-state index contributed by atoms with van der Waals surface area (Å²) in [6.07, 6.45) is 1.95. The summed E-state index contributed by atoms with van der Waals surface area (Å²) in [5, 5.41) is 9.71. The van der Waals surface area contributed by atoms with Crippen molar-refractivity contribution in [3.05, 3.63) is 66.1 Å². The molecule has 4 rings (SSSR count). The number of carbonyl (C=O) groups is 1. The third-order valence-electron chi connectivity index (χ3n) is 7.29. The highest BCUT2D eigenvalue weighted by molar-refractivity contribution is 7.92. The summed E-state index contributed by atoms with van der Waals surface area (Å²) in [6, 6.07) is 10.7. The molecule has 228 valence electrons. The third kappa shape index (κ3) is 6.94. The largest absolute Gasteiger partial charge is 0.488 e. The van der Waals surface area contributed by atoms with E-state index >= 15 is 0 Å². The Morgan fingerprint density at radius 2 is 1.86 bits per heavy atom. The van der Waals surface area contributed by atoms with Crippen LogP contribution in [-0.4, -0.2) is 85.5 Å². The van der Waals surface area contributed by atoms with Crippen LogP contribution in [0.4, 0.5) is 5.69 Å². The van der Waals surface area contributed by atoms with Crippen molar-refractivity contribution >= 4 is 31.6 Å². The molecule has 1 aliphatic heterocycles. The molecule has 2 N–H and O–H groups in total. The maximum absolute atomic E-state index is 13.5. The van der Waals surface area contributed by atoms with Gasteiger partial charge in [-0.25, -0.2) is 13.4 Å². The monoisotopic (exact) mass is 619 g/mol. The lowest BCUT2D eigenvalue weighted by Crippen LogP contribution is -2.48. The number of nitrogens with zero attached hydrogens (tertiary/aromatic N) is 4. The van der Waals surface area contributed by atoms with E-state index in [0.29, 0.717) is 11.3 Å². The van der Waals surface area contributed by atoms with Gasteiger partial charge in [0.25, 0.3) is 10.0 Å². The molecule has 1 aliphatic rings. The molecule has 1 amide bonds. The predicted octanol–water partition coefficient (Wildman–Crippen LogP) is 2.00. The first-order chi connectivity index (χ1) is 19.7. The average molecular weight is 620 g/mol. The van der Waals surface area contributed by atoms with Crippen molar-refractivity contribution in [2.24, 2.45) is 13.0 Å². The molecule has 0 aliphatic carbocycles.